The molecule has 1 atom stereocenters. The summed E-state index contributed by atoms with van der Waals surface area (Å²) >= 11 is 3.47. The monoisotopic (exact) mass is 542 g/mol. The minimum Gasteiger partial charge on any atom is -0.489 e. The summed E-state index contributed by atoms with van der Waals surface area (Å²) in [7, 11) is 2.14. The van der Waals surface area contributed by atoms with Crippen molar-refractivity contribution in [3.05, 3.63) is 58.4 Å². The first-order valence-corrected chi connectivity index (χ1v) is 12.3. The summed E-state index contributed by atoms with van der Waals surface area (Å²) in [6, 6.07) is 10.6. The van der Waals surface area contributed by atoms with Gasteiger partial charge in [-0.3, -0.25) is 0 Å². The third-order valence-corrected chi connectivity index (χ3v) is 6.86. The Kier molecular flexibility index (Phi) is 6.29. The molecule has 1 saturated heterocycles. The zero-order chi connectivity index (χ0) is 24.7. The SMILES string of the molecule is CN1CCN2c3ccc(Nc4ncc(Br)c(Nc5ccc(F)cc5C(C)(C)O)n4)cc3OC[C@@H]2C1. The highest BCUT2D eigenvalue weighted by Gasteiger charge is 2.31. The minimum absolute atomic E-state index is 0.365. The minimum atomic E-state index is -1.24. The highest BCUT2D eigenvalue weighted by Crippen LogP contribution is 2.38. The number of aromatic nitrogens is 2. The summed E-state index contributed by atoms with van der Waals surface area (Å²) < 4.78 is 20.5. The van der Waals surface area contributed by atoms with E-state index >= 15 is 0 Å². The lowest BCUT2D eigenvalue weighted by Crippen LogP contribution is -2.56. The van der Waals surface area contributed by atoms with E-state index < -0.39 is 11.4 Å². The van der Waals surface area contributed by atoms with Crippen LogP contribution in [0.1, 0.15) is 19.4 Å². The van der Waals surface area contributed by atoms with Crippen LogP contribution in [-0.4, -0.2) is 59.3 Å². The number of piperazine rings is 1. The van der Waals surface area contributed by atoms with Crippen molar-refractivity contribution in [2.45, 2.75) is 25.5 Å². The molecule has 3 N–H and O–H groups in total. The van der Waals surface area contributed by atoms with Crippen molar-refractivity contribution in [1.29, 1.82) is 0 Å². The van der Waals surface area contributed by atoms with Gasteiger partial charge in [-0.2, -0.15) is 4.98 Å². The molecule has 0 radical (unpaired) electrons. The summed E-state index contributed by atoms with van der Waals surface area (Å²) in [5.41, 5.74) is 1.65. The number of fused-ring (bicyclic) bond motifs is 3. The maximum absolute atomic E-state index is 13.8. The zero-order valence-corrected chi connectivity index (χ0v) is 21.4. The van der Waals surface area contributed by atoms with Crippen LogP contribution in [0.5, 0.6) is 5.75 Å². The van der Waals surface area contributed by atoms with Gasteiger partial charge in [0.1, 0.15) is 24.0 Å². The Labute approximate surface area is 212 Å². The molecule has 184 valence electrons. The number of benzene rings is 2. The molecule has 5 rings (SSSR count). The first-order valence-electron chi connectivity index (χ1n) is 11.5. The van der Waals surface area contributed by atoms with E-state index in [0.717, 1.165) is 36.8 Å². The quantitative estimate of drug-likeness (QED) is 0.431. The Morgan fingerprint density at radius 3 is 2.80 bits per heavy atom. The molecule has 3 aromatic rings. The number of hydrogen-bond acceptors (Lipinski definition) is 8. The first kappa shape index (κ1) is 23.8. The van der Waals surface area contributed by atoms with Crippen LogP contribution in [0.25, 0.3) is 0 Å². The molecule has 1 aromatic heterocycles. The Morgan fingerprint density at radius 2 is 2.00 bits per heavy atom. The number of nitrogens with zero attached hydrogens (tertiary/aromatic N) is 4. The van der Waals surface area contributed by atoms with Crippen molar-refractivity contribution < 1.29 is 14.2 Å². The van der Waals surface area contributed by atoms with Gasteiger partial charge in [-0.15, -0.1) is 0 Å². The fourth-order valence-corrected chi connectivity index (χ4v) is 4.79. The van der Waals surface area contributed by atoms with Crippen LogP contribution in [0.4, 0.5) is 33.2 Å². The maximum atomic E-state index is 13.8. The summed E-state index contributed by atoms with van der Waals surface area (Å²) in [6.45, 7) is 6.87. The molecule has 0 aliphatic carbocycles. The molecule has 35 heavy (non-hydrogen) atoms. The van der Waals surface area contributed by atoms with Crippen molar-refractivity contribution >= 4 is 44.8 Å². The number of nitrogens with one attached hydrogen (secondary N) is 2. The van der Waals surface area contributed by atoms with E-state index in [0.29, 0.717) is 40.1 Å². The third kappa shape index (κ3) is 5.05. The number of rotatable bonds is 5. The summed E-state index contributed by atoms with van der Waals surface area (Å²) in [4.78, 5) is 13.7. The van der Waals surface area contributed by atoms with Gasteiger partial charge in [0.2, 0.25) is 5.95 Å². The Bertz CT molecular complexity index is 1250. The van der Waals surface area contributed by atoms with Gasteiger partial charge in [0.05, 0.1) is 21.8 Å². The summed E-state index contributed by atoms with van der Waals surface area (Å²) in [5, 5.41) is 16.9. The van der Waals surface area contributed by atoms with E-state index in [2.05, 4.69) is 59.4 Å². The zero-order valence-electron chi connectivity index (χ0n) is 19.8. The van der Waals surface area contributed by atoms with Crippen molar-refractivity contribution in [2.75, 3.05) is 48.8 Å². The van der Waals surface area contributed by atoms with Crippen LogP contribution in [0.2, 0.25) is 0 Å². The number of aliphatic hydroxyl groups is 1. The number of ether oxygens (including phenoxy) is 1. The smallest absolute Gasteiger partial charge is 0.229 e. The van der Waals surface area contributed by atoms with Crippen LogP contribution in [0.15, 0.2) is 47.1 Å². The second-order valence-electron chi connectivity index (χ2n) is 9.49. The molecule has 0 amide bonds. The van der Waals surface area contributed by atoms with Crippen LogP contribution in [-0.2, 0) is 5.60 Å². The molecule has 0 bridgehead atoms. The molecule has 2 aliphatic heterocycles. The maximum Gasteiger partial charge on any atom is 0.229 e. The molecule has 1 fully saturated rings. The Morgan fingerprint density at radius 1 is 1.17 bits per heavy atom. The molecule has 0 spiro atoms. The number of hydrogen-bond donors (Lipinski definition) is 3. The number of anilines is 5. The normalized spacial score (nSPS) is 17.9. The molecule has 0 saturated carbocycles. The van der Waals surface area contributed by atoms with E-state index in [4.69, 9.17) is 4.74 Å². The molecule has 2 aliphatic rings. The highest BCUT2D eigenvalue weighted by atomic mass is 79.9. The van der Waals surface area contributed by atoms with Gasteiger partial charge in [-0.05, 0) is 67.2 Å². The van der Waals surface area contributed by atoms with Crippen LogP contribution in [0.3, 0.4) is 0 Å². The number of likely N-dealkylation sites (N-methyl/N-ethyl adjacent to an activating group) is 1. The molecular formula is C25H28BrFN6O2. The highest BCUT2D eigenvalue weighted by molar-refractivity contribution is 9.10. The fraction of sp³-hybridized carbons (Fsp3) is 0.360. The molecule has 10 heteroatoms. The first-order chi connectivity index (χ1) is 16.7. The second-order valence-corrected chi connectivity index (χ2v) is 10.3. The predicted octanol–water partition coefficient (Wildman–Crippen LogP) is 4.61. The van der Waals surface area contributed by atoms with Gasteiger partial charge < -0.3 is 30.3 Å². The van der Waals surface area contributed by atoms with Crippen molar-refractivity contribution in [3.8, 4) is 5.75 Å². The van der Waals surface area contributed by atoms with Gasteiger partial charge in [0.15, 0.2) is 0 Å². The lowest BCUT2D eigenvalue weighted by atomic mass is 9.96. The molecule has 2 aromatic carbocycles. The van der Waals surface area contributed by atoms with Gasteiger partial charge >= 0.3 is 0 Å². The average molecular weight is 543 g/mol. The van der Waals surface area contributed by atoms with Gasteiger partial charge in [-0.1, -0.05) is 0 Å². The van der Waals surface area contributed by atoms with Crippen LogP contribution in [0, 0.1) is 5.82 Å². The van der Waals surface area contributed by atoms with Gasteiger partial charge in [0, 0.05) is 48.8 Å². The Hall–Kier alpha value is -2.95. The van der Waals surface area contributed by atoms with Crippen molar-refractivity contribution in [2.24, 2.45) is 0 Å². The summed E-state index contributed by atoms with van der Waals surface area (Å²) in [6.07, 6.45) is 1.63. The fourth-order valence-electron chi connectivity index (χ4n) is 4.50. The van der Waals surface area contributed by atoms with Crippen LogP contribution < -0.4 is 20.3 Å². The number of halogens is 2. The Balaban J connectivity index is 1.37. The van der Waals surface area contributed by atoms with E-state index in [1.165, 1.54) is 12.1 Å². The largest absolute Gasteiger partial charge is 0.489 e. The molecule has 3 heterocycles. The average Bonchev–Trinajstić information content (AvgIpc) is 2.81. The lowest BCUT2D eigenvalue weighted by Gasteiger charge is -2.44. The predicted molar refractivity (Wildman–Crippen MR) is 139 cm³/mol. The van der Waals surface area contributed by atoms with Crippen molar-refractivity contribution in [3.63, 3.8) is 0 Å². The van der Waals surface area contributed by atoms with Gasteiger partial charge in [0.25, 0.3) is 0 Å². The third-order valence-electron chi connectivity index (χ3n) is 6.28. The summed E-state index contributed by atoms with van der Waals surface area (Å²) in [5.74, 6) is 1.28. The van der Waals surface area contributed by atoms with E-state index in [-0.39, 0.29) is 0 Å². The van der Waals surface area contributed by atoms with Crippen molar-refractivity contribution in [1.82, 2.24) is 14.9 Å². The lowest BCUT2D eigenvalue weighted by molar-refractivity contribution is 0.0790. The molecule has 0 unspecified atom stereocenters. The van der Waals surface area contributed by atoms with E-state index in [9.17, 15) is 9.50 Å². The molecule has 8 nitrogen and oxygen atoms in total. The standard InChI is InChI=1S/C25H28BrFN6O2/c1-25(2,34)18-10-15(27)4-6-20(18)30-23-19(26)12-28-24(31-23)29-16-5-7-21-22(11-16)35-14-17-13-32(3)8-9-33(17)21/h4-7,10-12,17,34H,8-9,13-14H2,1-3H3,(H2,28,29,30,31)/t17-/m0/s1. The van der Waals surface area contributed by atoms with Crippen LogP contribution >= 0.6 is 15.9 Å². The van der Waals surface area contributed by atoms with Gasteiger partial charge in [-0.25, -0.2) is 9.37 Å². The molecular weight excluding hydrogens is 515 g/mol. The second kappa shape index (κ2) is 9.25. The van der Waals surface area contributed by atoms with E-state index in [1.54, 1.807) is 26.1 Å². The van der Waals surface area contributed by atoms with E-state index in [1.807, 2.05) is 12.1 Å². The topological polar surface area (TPSA) is 85.8 Å².